The zero-order valence-corrected chi connectivity index (χ0v) is 8.40. The predicted octanol–water partition coefficient (Wildman–Crippen LogP) is 1.37. The van der Waals surface area contributed by atoms with Crippen LogP contribution in [0, 0.1) is 0 Å². The molecule has 0 aromatic heterocycles. The third kappa shape index (κ3) is 2.77. The van der Waals surface area contributed by atoms with Crippen molar-refractivity contribution in [2.45, 2.75) is 0 Å². The number of hydrogen-bond acceptors (Lipinski definition) is 3. The van der Waals surface area contributed by atoms with Gasteiger partial charge < -0.3 is 14.8 Å². The van der Waals surface area contributed by atoms with E-state index in [2.05, 4.69) is 0 Å². The standard InChI is InChI=1S/C9H10BClO3/c1-14-9-4-2-3-8(11)7(9)5-6-10(12)13/h2-6,12-13H,1H3/b6-5+. The van der Waals surface area contributed by atoms with Crippen LogP contribution in [0.25, 0.3) is 6.08 Å². The molecule has 1 aromatic rings. The fourth-order valence-electron chi connectivity index (χ4n) is 1.04. The van der Waals surface area contributed by atoms with Crippen LogP contribution in [-0.4, -0.2) is 24.3 Å². The lowest BCUT2D eigenvalue weighted by Gasteiger charge is -2.05. The maximum atomic E-state index is 8.65. The molecule has 74 valence electrons. The third-order valence-corrected chi connectivity index (χ3v) is 2.00. The molecule has 0 amide bonds. The average Bonchev–Trinajstić information content (AvgIpc) is 2.15. The molecule has 0 heterocycles. The quantitative estimate of drug-likeness (QED) is 0.744. The first-order chi connectivity index (χ1) is 6.65. The fourth-order valence-corrected chi connectivity index (χ4v) is 1.27. The van der Waals surface area contributed by atoms with Crippen molar-refractivity contribution in [3.05, 3.63) is 34.8 Å². The van der Waals surface area contributed by atoms with E-state index < -0.39 is 7.12 Å². The van der Waals surface area contributed by atoms with Crippen LogP contribution in [-0.2, 0) is 0 Å². The van der Waals surface area contributed by atoms with Crippen molar-refractivity contribution >= 4 is 24.8 Å². The second-order valence-corrected chi connectivity index (χ2v) is 3.04. The highest BCUT2D eigenvalue weighted by atomic mass is 35.5. The van der Waals surface area contributed by atoms with Crippen molar-refractivity contribution in [1.82, 2.24) is 0 Å². The van der Waals surface area contributed by atoms with Gasteiger partial charge in [-0.25, -0.2) is 0 Å². The van der Waals surface area contributed by atoms with E-state index in [-0.39, 0.29) is 0 Å². The maximum Gasteiger partial charge on any atom is 0.480 e. The van der Waals surface area contributed by atoms with Gasteiger partial charge in [0.25, 0.3) is 0 Å². The summed E-state index contributed by atoms with van der Waals surface area (Å²) < 4.78 is 5.06. The number of rotatable bonds is 3. The highest BCUT2D eigenvalue weighted by Crippen LogP contribution is 2.27. The summed E-state index contributed by atoms with van der Waals surface area (Å²) in [5, 5.41) is 17.8. The van der Waals surface area contributed by atoms with Crippen molar-refractivity contribution in [3.63, 3.8) is 0 Å². The van der Waals surface area contributed by atoms with Crippen molar-refractivity contribution in [2.24, 2.45) is 0 Å². The average molecular weight is 212 g/mol. The molecule has 0 aliphatic carbocycles. The van der Waals surface area contributed by atoms with Crippen molar-refractivity contribution in [3.8, 4) is 5.75 Å². The van der Waals surface area contributed by atoms with E-state index in [4.69, 9.17) is 26.4 Å². The monoisotopic (exact) mass is 212 g/mol. The molecule has 5 heteroatoms. The van der Waals surface area contributed by atoms with Crippen molar-refractivity contribution in [2.75, 3.05) is 7.11 Å². The number of ether oxygens (including phenoxy) is 1. The molecule has 0 atom stereocenters. The lowest BCUT2D eigenvalue weighted by atomic mass is 9.90. The fraction of sp³-hybridized carbons (Fsp3) is 0.111. The smallest absolute Gasteiger partial charge is 0.480 e. The third-order valence-electron chi connectivity index (χ3n) is 1.67. The Bertz CT molecular complexity index is 339. The van der Waals surface area contributed by atoms with Crippen molar-refractivity contribution in [1.29, 1.82) is 0 Å². The Morgan fingerprint density at radius 2 is 2.14 bits per heavy atom. The van der Waals surface area contributed by atoms with Crippen LogP contribution in [0.15, 0.2) is 24.2 Å². The summed E-state index contributed by atoms with van der Waals surface area (Å²) in [6, 6.07) is 5.21. The van der Waals surface area contributed by atoms with Crippen LogP contribution in [0.2, 0.25) is 5.02 Å². The van der Waals surface area contributed by atoms with Gasteiger partial charge in [-0.15, -0.1) is 0 Å². The first-order valence-corrected chi connectivity index (χ1v) is 4.40. The zero-order valence-electron chi connectivity index (χ0n) is 7.64. The van der Waals surface area contributed by atoms with E-state index in [1.807, 2.05) is 0 Å². The van der Waals surface area contributed by atoms with Gasteiger partial charge in [-0.2, -0.15) is 0 Å². The van der Waals surface area contributed by atoms with Gasteiger partial charge in [-0.3, -0.25) is 0 Å². The Hall–Kier alpha value is -0.965. The van der Waals surface area contributed by atoms with Crippen LogP contribution in [0.5, 0.6) is 5.75 Å². The van der Waals surface area contributed by atoms with Gasteiger partial charge >= 0.3 is 7.12 Å². The molecule has 1 rings (SSSR count). The Balaban J connectivity index is 3.05. The largest absolute Gasteiger partial charge is 0.496 e. The molecule has 0 saturated carbocycles. The lowest BCUT2D eigenvalue weighted by Crippen LogP contribution is -2.05. The molecule has 0 aliphatic heterocycles. The van der Waals surface area contributed by atoms with Gasteiger partial charge in [0.2, 0.25) is 0 Å². The van der Waals surface area contributed by atoms with Gasteiger partial charge in [0.15, 0.2) is 0 Å². The summed E-state index contributed by atoms with van der Waals surface area (Å²) in [4.78, 5) is 0. The molecule has 0 saturated heterocycles. The zero-order chi connectivity index (χ0) is 10.6. The maximum absolute atomic E-state index is 8.65. The summed E-state index contributed by atoms with van der Waals surface area (Å²) in [7, 11) is 0.0363. The summed E-state index contributed by atoms with van der Waals surface area (Å²) in [6.45, 7) is 0. The highest BCUT2D eigenvalue weighted by molar-refractivity contribution is 6.48. The van der Waals surface area contributed by atoms with Gasteiger partial charge in [0.05, 0.1) is 12.1 Å². The Kier molecular flexibility index (Phi) is 4.01. The minimum atomic E-state index is -1.49. The SMILES string of the molecule is COc1cccc(Cl)c1/C=C/B(O)O. The second-order valence-electron chi connectivity index (χ2n) is 2.63. The summed E-state index contributed by atoms with van der Waals surface area (Å²) in [6.07, 6.45) is 1.51. The van der Waals surface area contributed by atoms with E-state index in [1.54, 1.807) is 18.2 Å². The normalized spacial score (nSPS) is 10.6. The van der Waals surface area contributed by atoms with E-state index in [1.165, 1.54) is 19.2 Å². The summed E-state index contributed by atoms with van der Waals surface area (Å²) in [5.41, 5.74) is 0.629. The van der Waals surface area contributed by atoms with E-state index in [0.717, 1.165) is 0 Å². The van der Waals surface area contributed by atoms with Gasteiger partial charge in [-0.1, -0.05) is 29.7 Å². The molecular formula is C9H10BClO3. The topological polar surface area (TPSA) is 49.7 Å². The molecule has 0 unspecified atom stereocenters. The number of hydrogen-bond donors (Lipinski definition) is 2. The molecule has 1 aromatic carbocycles. The number of halogens is 1. The Labute approximate surface area is 87.7 Å². The van der Waals surface area contributed by atoms with E-state index in [0.29, 0.717) is 16.3 Å². The summed E-state index contributed by atoms with van der Waals surface area (Å²) >= 11 is 5.90. The second kappa shape index (κ2) is 5.05. The molecule has 0 fully saturated rings. The Morgan fingerprint density at radius 1 is 1.43 bits per heavy atom. The van der Waals surface area contributed by atoms with Crippen LogP contribution in [0.3, 0.4) is 0 Å². The molecule has 14 heavy (non-hydrogen) atoms. The van der Waals surface area contributed by atoms with Crippen LogP contribution in [0.4, 0.5) is 0 Å². The number of benzene rings is 1. The highest BCUT2D eigenvalue weighted by Gasteiger charge is 2.05. The molecule has 0 aliphatic rings. The van der Waals surface area contributed by atoms with Crippen molar-refractivity contribution < 1.29 is 14.8 Å². The van der Waals surface area contributed by atoms with Crippen LogP contribution >= 0.6 is 11.6 Å². The number of methoxy groups -OCH3 is 1. The van der Waals surface area contributed by atoms with Gasteiger partial charge in [0.1, 0.15) is 5.75 Å². The lowest BCUT2D eigenvalue weighted by molar-refractivity contribution is 0.414. The first kappa shape index (κ1) is 11.1. The molecule has 0 radical (unpaired) electrons. The molecule has 2 N–H and O–H groups in total. The van der Waals surface area contributed by atoms with Gasteiger partial charge in [-0.05, 0) is 12.1 Å². The predicted molar refractivity (Wildman–Crippen MR) is 57.2 cm³/mol. The minimum absolute atomic E-state index is 0.501. The molecule has 0 spiro atoms. The Morgan fingerprint density at radius 3 is 2.71 bits per heavy atom. The van der Waals surface area contributed by atoms with Gasteiger partial charge in [0, 0.05) is 5.56 Å². The molecule has 3 nitrogen and oxygen atoms in total. The first-order valence-electron chi connectivity index (χ1n) is 4.02. The van der Waals surface area contributed by atoms with Crippen LogP contribution in [0.1, 0.15) is 5.56 Å². The molecular weight excluding hydrogens is 202 g/mol. The van der Waals surface area contributed by atoms with E-state index >= 15 is 0 Å². The summed E-state index contributed by atoms with van der Waals surface area (Å²) in [5.74, 6) is 1.80. The van der Waals surface area contributed by atoms with Crippen LogP contribution < -0.4 is 4.74 Å². The minimum Gasteiger partial charge on any atom is -0.496 e. The van der Waals surface area contributed by atoms with E-state index in [9.17, 15) is 0 Å². The molecule has 0 bridgehead atoms.